The molecule has 2 aromatic rings. The highest BCUT2D eigenvalue weighted by atomic mass is 32.1. The molecule has 0 amide bonds. The van der Waals surface area contributed by atoms with E-state index in [9.17, 15) is 0 Å². The lowest BCUT2D eigenvalue weighted by Gasteiger charge is -2.04. The lowest BCUT2D eigenvalue weighted by molar-refractivity contribution is 0.673. The van der Waals surface area contributed by atoms with Gasteiger partial charge in [0.05, 0.1) is 5.01 Å². The summed E-state index contributed by atoms with van der Waals surface area (Å²) in [7, 11) is 0. The Labute approximate surface area is 106 Å². The Bertz CT molecular complexity index is 440. The zero-order valence-corrected chi connectivity index (χ0v) is 10.8. The molecule has 1 N–H and O–H groups in total. The summed E-state index contributed by atoms with van der Waals surface area (Å²) in [5.74, 6) is 0. The van der Waals surface area contributed by atoms with Crippen molar-refractivity contribution >= 4 is 11.3 Å². The smallest absolute Gasteiger partial charge is 0.0969 e. The Morgan fingerprint density at radius 1 is 1.29 bits per heavy atom. The third-order valence-corrected chi connectivity index (χ3v) is 3.23. The van der Waals surface area contributed by atoms with Crippen LogP contribution >= 0.6 is 11.3 Å². The number of rotatable bonds is 6. The van der Waals surface area contributed by atoms with Crippen LogP contribution in [0.2, 0.25) is 0 Å². The summed E-state index contributed by atoms with van der Waals surface area (Å²) in [6.07, 6.45) is 7.73. The molecule has 0 unspecified atom stereocenters. The molecule has 2 aromatic heterocycles. The van der Waals surface area contributed by atoms with Crippen molar-refractivity contribution in [2.45, 2.75) is 26.3 Å². The number of hydrogen-bond acceptors (Lipinski definition) is 4. The predicted molar refractivity (Wildman–Crippen MR) is 71.2 cm³/mol. The van der Waals surface area contributed by atoms with E-state index in [1.807, 2.05) is 24.0 Å². The summed E-state index contributed by atoms with van der Waals surface area (Å²) in [5.41, 5.74) is 2.48. The van der Waals surface area contributed by atoms with Gasteiger partial charge in [0.1, 0.15) is 0 Å². The molecule has 90 valence electrons. The Hall–Kier alpha value is -1.26. The molecule has 2 heterocycles. The van der Waals surface area contributed by atoms with Crippen LogP contribution in [0.25, 0.3) is 0 Å². The molecule has 0 aromatic carbocycles. The first-order valence-corrected chi connectivity index (χ1v) is 6.78. The minimum Gasteiger partial charge on any atom is -0.313 e. The van der Waals surface area contributed by atoms with Crippen molar-refractivity contribution in [1.29, 1.82) is 0 Å². The maximum atomic E-state index is 4.29. The SMILES string of the molecule is CCCNCc1cncc(Cc2nccs2)c1. The molecule has 0 aliphatic rings. The second-order valence-electron chi connectivity index (χ2n) is 3.98. The zero-order valence-electron chi connectivity index (χ0n) is 10.0. The topological polar surface area (TPSA) is 37.8 Å². The van der Waals surface area contributed by atoms with Crippen LogP contribution in [0.1, 0.15) is 29.5 Å². The van der Waals surface area contributed by atoms with E-state index in [4.69, 9.17) is 0 Å². The maximum absolute atomic E-state index is 4.29. The van der Waals surface area contributed by atoms with E-state index in [0.717, 1.165) is 30.9 Å². The highest BCUT2D eigenvalue weighted by Crippen LogP contribution is 2.12. The first-order chi connectivity index (χ1) is 8.38. The van der Waals surface area contributed by atoms with Crippen LogP contribution in [0.4, 0.5) is 0 Å². The molecule has 0 saturated heterocycles. The van der Waals surface area contributed by atoms with Crippen LogP contribution in [0.5, 0.6) is 0 Å². The van der Waals surface area contributed by atoms with E-state index in [0.29, 0.717) is 0 Å². The second kappa shape index (κ2) is 6.47. The fourth-order valence-electron chi connectivity index (χ4n) is 1.66. The maximum Gasteiger partial charge on any atom is 0.0969 e. The van der Waals surface area contributed by atoms with Crippen molar-refractivity contribution in [1.82, 2.24) is 15.3 Å². The van der Waals surface area contributed by atoms with E-state index in [1.54, 1.807) is 11.3 Å². The van der Waals surface area contributed by atoms with Gasteiger partial charge in [0, 0.05) is 36.9 Å². The Morgan fingerprint density at radius 3 is 2.94 bits per heavy atom. The quantitative estimate of drug-likeness (QED) is 0.797. The average Bonchev–Trinajstić information content (AvgIpc) is 2.83. The lowest BCUT2D eigenvalue weighted by atomic mass is 10.1. The fourth-order valence-corrected chi connectivity index (χ4v) is 2.31. The van der Waals surface area contributed by atoms with Crippen molar-refractivity contribution in [2.24, 2.45) is 0 Å². The van der Waals surface area contributed by atoms with Crippen molar-refractivity contribution in [2.75, 3.05) is 6.54 Å². The molecule has 0 fully saturated rings. The number of hydrogen-bond donors (Lipinski definition) is 1. The zero-order chi connectivity index (χ0) is 11.9. The van der Waals surface area contributed by atoms with Gasteiger partial charge in [0.15, 0.2) is 0 Å². The van der Waals surface area contributed by atoms with Gasteiger partial charge < -0.3 is 5.32 Å². The molecular formula is C13H17N3S. The van der Waals surface area contributed by atoms with Crippen LogP contribution in [-0.2, 0) is 13.0 Å². The molecule has 3 nitrogen and oxygen atoms in total. The van der Waals surface area contributed by atoms with Crippen molar-refractivity contribution < 1.29 is 0 Å². The van der Waals surface area contributed by atoms with Crippen LogP contribution in [0.15, 0.2) is 30.0 Å². The van der Waals surface area contributed by atoms with Gasteiger partial charge in [-0.1, -0.05) is 13.0 Å². The lowest BCUT2D eigenvalue weighted by Crippen LogP contribution is -2.14. The monoisotopic (exact) mass is 247 g/mol. The van der Waals surface area contributed by atoms with Crippen molar-refractivity contribution in [3.63, 3.8) is 0 Å². The summed E-state index contributed by atoms with van der Waals surface area (Å²) >= 11 is 1.69. The molecule has 0 atom stereocenters. The summed E-state index contributed by atoms with van der Waals surface area (Å²) in [5, 5.41) is 6.54. The number of thiazole rings is 1. The van der Waals surface area contributed by atoms with Crippen molar-refractivity contribution in [3.05, 3.63) is 46.2 Å². The normalized spacial score (nSPS) is 10.6. The highest BCUT2D eigenvalue weighted by molar-refractivity contribution is 7.09. The molecule has 2 rings (SSSR count). The van der Waals surface area contributed by atoms with Gasteiger partial charge in [-0.3, -0.25) is 4.98 Å². The van der Waals surface area contributed by atoms with Crippen LogP contribution in [-0.4, -0.2) is 16.5 Å². The third kappa shape index (κ3) is 3.91. The molecule has 0 aliphatic heterocycles. The minimum atomic E-state index is 0.881. The van der Waals surface area contributed by atoms with Gasteiger partial charge in [-0.2, -0.15) is 0 Å². The minimum absolute atomic E-state index is 0.881. The Morgan fingerprint density at radius 2 is 2.18 bits per heavy atom. The van der Waals surface area contributed by atoms with Gasteiger partial charge in [-0.15, -0.1) is 11.3 Å². The first kappa shape index (κ1) is 12.2. The predicted octanol–water partition coefficient (Wildman–Crippen LogP) is 2.63. The summed E-state index contributed by atoms with van der Waals surface area (Å²) in [4.78, 5) is 8.57. The standard InChI is InChI=1S/C13H17N3S/c1-2-3-14-9-12-6-11(8-15-10-12)7-13-16-4-5-17-13/h4-6,8,10,14H,2-3,7,9H2,1H3. The fraction of sp³-hybridized carbons (Fsp3) is 0.385. The number of nitrogens with one attached hydrogen (secondary N) is 1. The average molecular weight is 247 g/mol. The van der Waals surface area contributed by atoms with E-state index >= 15 is 0 Å². The van der Waals surface area contributed by atoms with Gasteiger partial charge in [-0.05, 0) is 24.1 Å². The van der Waals surface area contributed by atoms with E-state index in [1.165, 1.54) is 11.1 Å². The highest BCUT2D eigenvalue weighted by Gasteiger charge is 2.00. The van der Waals surface area contributed by atoms with Gasteiger partial charge in [0.2, 0.25) is 0 Å². The van der Waals surface area contributed by atoms with Gasteiger partial charge in [0.25, 0.3) is 0 Å². The van der Waals surface area contributed by atoms with Gasteiger partial charge in [-0.25, -0.2) is 4.98 Å². The second-order valence-corrected chi connectivity index (χ2v) is 4.96. The van der Waals surface area contributed by atoms with E-state index in [2.05, 4.69) is 28.3 Å². The van der Waals surface area contributed by atoms with Crippen LogP contribution < -0.4 is 5.32 Å². The molecule has 0 spiro atoms. The number of aromatic nitrogens is 2. The van der Waals surface area contributed by atoms with E-state index in [-0.39, 0.29) is 0 Å². The van der Waals surface area contributed by atoms with Crippen molar-refractivity contribution in [3.8, 4) is 0 Å². The van der Waals surface area contributed by atoms with Crippen LogP contribution in [0, 0.1) is 0 Å². The summed E-state index contributed by atoms with van der Waals surface area (Å²) in [6, 6.07) is 2.21. The summed E-state index contributed by atoms with van der Waals surface area (Å²) in [6.45, 7) is 4.12. The molecule has 0 saturated carbocycles. The molecule has 0 aliphatic carbocycles. The molecule has 0 radical (unpaired) electrons. The summed E-state index contributed by atoms with van der Waals surface area (Å²) < 4.78 is 0. The molecule has 0 bridgehead atoms. The van der Waals surface area contributed by atoms with Crippen LogP contribution in [0.3, 0.4) is 0 Å². The molecule has 4 heteroatoms. The van der Waals surface area contributed by atoms with Gasteiger partial charge >= 0.3 is 0 Å². The number of nitrogens with zero attached hydrogens (tertiary/aromatic N) is 2. The van der Waals surface area contributed by atoms with E-state index < -0.39 is 0 Å². The first-order valence-electron chi connectivity index (χ1n) is 5.90. The number of pyridine rings is 1. The third-order valence-electron chi connectivity index (χ3n) is 2.45. The largest absolute Gasteiger partial charge is 0.313 e. The Balaban J connectivity index is 1.96. The molecular weight excluding hydrogens is 230 g/mol. The molecule has 17 heavy (non-hydrogen) atoms. The Kier molecular flexibility index (Phi) is 4.64.